The van der Waals surface area contributed by atoms with Crippen molar-refractivity contribution in [1.29, 1.82) is 0 Å². The third-order valence-electron chi connectivity index (χ3n) is 4.55. The number of hydrogen-bond donors (Lipinski definition) is 1. The highest BCUT2D eigenvalue weighted by molar-refractivity contribution is 5.94. The van der Waals surface area contributed by atoms with Crippen LogP contribution in [0.1, 0.15) is 32.8 Å². The predicted octanol–water partition coefficient (Wildman–Crippen LogP) is 3.13. The molecule has 1 N–H and O–H groups in total. The number of benzene rings is 1. The van der Waals surface area contributed by atoms with E-state index in [1.54, 1.807) is 39.0 Å². The Morgan fingerprint density at radius 3 is 2.30 bits per heavy atom. The number of hydrazone groups is 1. The largest absolute Gasteiger partial charge is 0.493 e. The molecule has 1 heterocycles. The number of rotatable bonds is 4. The molecule has 1 atom stereocenters. The highest BCUT2D eigenvalue weighted by Crippen LogP contribution is 2.43. The van der Waals surface area contributed by atoms with Gasteiger partial charge in [0.15, 0.2) is 17.2 Å². The molecule has 1 aromatic rings. The lowest BCUT2D eigenvalue weighted by molar-refractivity contribution is -0.181. The number of nitrogens with zero attached hydrogens (tertiary/aromatic N) is 2. The number of carbonyl (C=O) groups excluding carboxylic acids is 1. The molecule has 150 valence electrons. The van der Waals surface area contributed by atoms with Gasteiger partial charge in [-0.15, -0.1) is 0 Å². The second-order valence-corrected chi connectivity index (χ2v) is 7.36. The first-order chi connectivity index (χ1) is 12.3. The Balaban J connectivity index is 2.35. The third-order valence-corrected chi connectivity index (χ3v) is 4.55. The number of alkyl halides is 3. The Morgan fingerprint density at radius 2 is 1.81 bits per heavy atom. The molecule has 2 rings (SSSR count). The normalized spacial score (nSPS) is 20.5. The van der Waals surface area contributed by atoms with Gasteiger partial charge < -0.3 is 14.6 Å². The summed E-state index contributed by atoms with van der Waals surface area (Å²) in [5.74, 6) is 0.0899. The van der Waals surface area contributed by atoms with Crippen LogP contribution in [0.3, 0.4) is 0 Å². The van der Waals surface area contributed by atoms with Crippen LogP contribution in [-0.2, 0) is 11.2 Å². The van der Waals surface area contributed by atoms with Crippen molar-refractivity contribution < 1.29 is 32.5 Å². The lowest BCUT2D eigenvalue weighted by Gasteiger charge is -2.41. The second kappa shape index (κ2) is 7.03. The Kier molecular flexibility index (Phi) is 5.47. The van der Waals surface area contributed by atoms with Gasteiger partial charge in [-0.05, 0) is 17.7 Å². The summed E-state index contributed by atoms with van der Waals surface area (Å²) in [7, 11) is 2.89. The van der Waals surface area contributed by atoms with Crippen LogP contribution in [0, 0.1) is 5.41 Å². The van der Waals surface area contributed by atoms with Gasteiger partial charge in [-0.2, -0.15) is 18.3 Å². The number of ether oxygens (including phenoxy) is 2. The van der Waals surface area contributed by atoms with Crippen molar-refractivity contribution in [2.45, 2.75) is 45.5 Å². The molecule has 0 radical (unpaired) electrons. The summed E-state index contributed by atoms with van der Waals surface area (Å²) in [6, 6.07) is 4.74. The lowest BCUT2D eigenvalue weighted by atomic mass is 9.80. The fraction of sp³-hybridized carbons (Fsp3) is 0.556. The molecule has 1 aliphatic heterocycles. The third kappa shape index (κ3) is 4.02. The van der Waals surface area contributed by atoms with E-state index < -0.39 is 35.4 Å². The lowest BCUT2D eigenvalue weighted by Crippen LogP contribution is -2.55. The van der Waals surface area contributed by atoms with Crippen molar-refractivity contribution in [3.8, 4) is 11.5 Å². The second-order valence-electron chi connectivity index (χ2n) is 7.36. The van der Waals surface area contributed by atoms with Crippen molar-refractivity contribution in [1.82, 2.24) is 5.01 Å². The molecular formula is C18H23F3N2O4. The zero-order valence-electron chi connectivity index (χ0n) is 15.8. The standard InChI is InChI=1S/C18H23F3N2O4/c1-16(2,3)17(25)10-14(18(19,20)21)22-23(17)15(24)9-11-6-7-12(26-4)13(8-11)27-5/h6-8,25H,9-10H2,1-5H3. The number of halogens is 3. The van der Waals surface area contributed by atoms with E-state index in [9.17, 15) is 23.1 Å². The van der Waals surface area contributed by atoms with E-state index in [4.69, 9.17) is 9.47 Å². The predicted molar refractivity (Wildman–Crippen MR) is 92.6 cm³/mol. The van der Waals surface area contributed by atoms with E-state index in [1.807, 2.05) is 0 Å². The molecule has 0 saturated carbocycles. The first-order valence-corrected chi connectivity index (χ1v) is 8.24. The molecule has 0 spiro atoms. The molecule has 1 aliphatic rings. The van der Waals surface area contributed by atoms with Crippen LogP contribution in [0.25, 0.3) is 0 Å². The molecule has 6 nitrogen and oxygen atoms in total. The van der Waals surface area contributed by atoms with Crippen LogP contribution in [0.15, 0.2) is 23.3 Å². The number of carbonyl (C=O) groups is 1. The molecule has 0 fully saturated rings. The molecule has 0 aliphatic carbocycles. The van der Waals surface area contributed by atoms with Gasteiger partial charge in [0, 0.05) is 11.8 Å². The summed E-state index contributed by atoms with van der Waals surface area (Å²) in [6.45, 7) is 4.66. The average Bonchev–Trinajstić information content (AvgIpc) is 2.94. The monoisotopic (exact) mass is 388 g/mol. The van der Waals surface area contributed by atoms with Gasteiger partial charge in [0.25, 0.3) is 0 Å². The van der Waals surface area contributed by atoms with E-state index in [1.165, 1.54) is 14.2 Å². The fourth-order valence-corrected chi connectivity index (χ4v) is 2.79. The summed E-state index contributed by atoms with van der Waals surface area (Å²) in [5, 5.41) is 14.9. The molecule has 9 heteroatoms. The molecule has 27 heavy (non-hydrogen) atoms. The van der Waals surface area contributed by atoms with Gasteiger partial charge in [0.05, 0.1) is 20.6 Å². The van der Waals surface area contributed by atoms with Crippen LogP contribution in [0.5, 0.6) is 11.5 Å². The summed E-state index contributed by atoms with van der Waals surface area (Å²) in [4.78, 5) is 12.7. The molecular weight excluding hydrogens is 365 g/mol. The summed E-state index contributed by atoms with van der Waals surface area (Å²) in [6.07, 6.45) is -5.76. The van der Waals surface area contributed by atoms with E-state index in [-0.39, 0.29) is 6.42 Å². The zero-order chi connectivity index (χ0) is 20.6. The number of amides is 1. The topological polar surface area (TPSA) is 71.4 Å². The van der Waals surface area contributed by atoms with Gasteiger partial charge in [-0.1, -0.05) is 26.8 Å². The van der Waals surface area contributed by atoms with Crippen LogP contribution in [0.4, 0.5) is 13.2 Å². The smallest absolute Gasteiger partial charge is 0.431 e. The van der Waals surface area contributed by atoms with Crippen LogP contribution < -0.4 is 9.47 Å². The van der Waals surface area contributed by atoms with Crippen molar-refractivity contribution in [3.63, 3.8) is 0 Å². The Hall–Kier alpha value is -2.29. The maximum absolute atomic E-state index is 13.1. The number of hydrogen-bond acceptors (Lipinski definition) is 5. The minimum absolute atomic E-state index is 0.257. The molecule has 0 aromatic heterocycles. The molecule has 1 amide bonds. The minimum atomic E-state index is -4.72. The quantitative estimate of drug-likeness (QED) is 0.860. The Bertz CT molecular complexity index is 756. The van der Waals surface area contributed by atoms with Gasteiger partial charge in [-0.25, -0.2) is 5.01 Å². The van der Waals surface area contributed by atoms with Crippen LogP contribution in [-0.4, -0.2) is 47.9 Å². The molecule has 1 aromatic carbocycles. The maximum atomic E-state index is 13.1. The first-order valence-electron chi connectivity index (χ1n) is 8.24. The summed E-state index contributed by atoms with van der Waals surface area (Å²) in [5.41, 5.74) is -3.81. The highest BCUT2D eigenvalue weighted by atomic mass is 19.4. The van der Waals surface area contributed by atoms with Gasteiger partial charge in [-0.3, -0.25) is 4.79 Å². The average molecular weight is 388 g/mol. The van der Waals surface area contributed by atoms with Crippen molar-refractivity contribution in [3.05, 3.63) is 23.8 Å². The van der Waals surface area contributed by atoms with Crippen LogP contribution in [0.2, 0.25) is 0 Å². The molecule has 0 saturated heterocycles. The number of methoxy groups -OCH3 is 2. The minimum Gasteiger partial charge on any atom is -0.493 e. The van der Waals surface area contributed by atoms with Gasteiger partial charge >= 0.3 is 6.18 Å². The first kappa shape index (κ1) is 21.0. The molecule has 1 unspecified atom stereocenters. The molecule has 0 bridgehead atoms. The summed E-state index contributed by atoms with van der Waals surface area (Å²) >= 11 is 0. The van der Waals surface area contributed by atoms with Crippen molar-refractivity contribution in [2.75, 3.05) is 14.2 Å². The van der Waals surface area contributed by atoms with Gasteiger partial charge in [0.1, 0.15) is 5.71 Å². The van der Waals surface area contributed by atoms with E-state index in [2.05, 4.69) is 5.10 Å². The number of aliphatic hydroxyl groups is 1. The van der Waals surface area contributed by atoms with Crippen molar-refractivity contribution >= 4 is 11.6 Å². The van der Waals surface area contributed by atoms with E-state index in [0.29, 0.717) is 22.1 Å². The zero-order valence-corrected chi connectivity index (χ0v) is 15.8. The highest BCUT2D eigenvalue weighted by Gasteiger charge is 2.57. The maximum Gasteiger partial charge on any atom is 0.431 e. The van der Waals surface area contributed by atoms with Crippen LogP contribution >= 0.6 is 0 Å². The fourth-order valence-electron chi connectivity index (χ4n) is 2.79. The SMILES string of the molecule is COc1ccc(CC(=O)N2N=C(C(F)(F)F)CC2(O)C(C)(C)C)cc1OC. The van der Waals surface area contributed by atoms with Crippen molar-refractivity contribution in [2.24, 2.45) is 10.5 Å². The van der Waals surface area contributed by atoms with Gasteiger partial charge in [0.2, 0.25) is 5.91 Å². The van der Waals surface area contributed by atoms with E-state index >= 15 is 0 Å². The summed E-state index contributed by atoms with van der Waals surface area (Å²) < 4.78 is 49.7. The van der Waals surface area contributed by atoms with E-state index in [0.717, 1.165) is 0 Å². The Labute approximate surface area is 155 Å². The Morgan fingerprint density at radius 1 is 1.22 bits per heavy atom.